The van der Waals surface area contributed by atoms with E-state index in [0.29, 0.717) is 10.7 Å². The van der Waals surface area contributed by atoms with Crippen molar-refractivity contribution in [1.82, 2.24) is 9.97 Å². The number of aromatic nitrogens is 2. The van der Waals surface area contributed by atoms with Crippen molar-refractivity contribution in [1.29, 1.82) is 0 Å². The van der Waals surface area contributed by atoms with Crippen LogP contribution in [0.1, 0.15) is 6.92 Å². The number of benzene rings is 2. The van der Waals surface area contributed by atoms with Gasteiger partial charge >= 0.3 is 0 Å². The van der Waals surface area contributed by atoms with Crippen LogP contribution in [0.15, 0.2) is 70.8 Å². The summed E-state index contributed by atoms with van der Waals surface area (Å²) in [5, 5.41) is 1.44. The van der Waals surface area contributed by atoms with E-state index < -0.39 is 0 Å². The summed E-state index contributed by atoms with van der Waals surface area (Å²) in [4.78, 5) is 11.8. The van der Waals surface area contributed by atoms with Gasteiger partial charge in [0.1, 0.15) is 17.0 Å². The second-order valence-electron chi connectivity index (χ2n) is 5.05. The topological polar surface area (TPSA) is 55.0 Å². The maximum Gasteiger partial charge on any atom is 0.160 e. The quantitative estimate of drug-likeness (QED) is 0.650. The Kier molecular flexibility index (Phi) is 5.23. The van der Waals surface area contributed by atoms with Crippen molar-refractivity contribution in [3.63, 3.8) is 0 Å². The molecular weight excluding hydrogens is 340 g/mol. The van der Waals surface area contributed by atoms with E-state index in [4.69, 9.17) is 17.3 Å². The van der Waals surface area contributed by atoms with Gasteiger partial charge in [0.05, 0.1) is 0 Å². The van der Waals surface area contributed by atoms with Crippen LogP contribution < -0.4 is 10.6 Å². The first-order valence-electron chi connectivity index (χ1n) is 7.55. The van der Waals surface area contributed by atoms with Crippen LogP contribution in [0.5, 0.6) is 0 Å². The standard InChI is InChI=1S/C18H17ClN4S/c1-2-23(14-6-4-3-5-7-14)17-16(20)18(22-12-21-17)24-15-10-8-13(19)9-11-15/h3-12H,2,20H2,1H3. The number of nitrogens with zero attached hydrogens (tertiary/aromatic N) is 3. The molecule has 24 heavy (non-hydrogen) atoms. The van der Waals surface area contributed by atoms with Crippen LogP contribution in [0.25, 0.3) is 0 Å². The van der Waals surface area contributed by atoms with E-state index in [-0.39, 0.29) is 0 Å². The Bertz CT molecular complexity index is 809. The summed E-state index contributed by atoms with van der Waals surface area (Å²) in [5.41, 5.74) is 7.98. The molecule has 0 fully saturated rings. The summed E-state index contributed by atoms with van der Waals surface area (Å²) in [5.74, 6) is 0.718. The molecular formula is C18H17ClN4S. The number of hydrogen-bond donors (Lipinski definition) is 1. The molecule has 0 aliphatic carbocycles. The average Bonchev–Trinajstić information content (AvgIpc) is 2.61. The lowest BCUT2D eigenvalue weighted by atomic mass is 10.3. The summed E-state index contributed by atoms with van der Waals surface area (Å²) < 4.78 is 0. The van der Waals surface area contributed by atoms with E-state index >= 15 is 0 Å². The number of halogens is 1. The molecule has 0 unspecified atom stereocenters. The third kappa shape index (κ3) is 3.63. The highest BCUT2D eigenvalue weighted by atomic mass is 35.5. The number of rotatable bonds is 5. The molecule has 0 atom stereocenters. The fourth-order valence-corrected chi connectivity index (χ4v) is 3.27. The van der Waals surface area contributed by atoms with Crippen LogP contribution in [0, 0.1) is 0 Å². The molecule has 0 amide bonds. The lowest BCUT2D eigenvalue weighted by Gasteiger charge is -2.23. The zero-order valence-corrected chi connectivity index (χ0v) is 14.8. The van der Waals surface area contributed by atoms with Gasteiger partial charge in [-0.25, -0.2) is 9.97 Å². The lowest BCUT2D eigenvalue weighted by molar-refractivity contribution is 0.955. The van der Waals surface area contributed by atoms with E-state index in [2.05, 4.69) is 21.8 Å². The Balaban J connectivity index is 1.94. The van der Waals surface area contributed by atoms with Crippen molar-refractivity contribution in [3.05, 3.63) is 65.9 Å². The van der Waals surface area contributed by atoms with E-state index in [1.807, 2.05) is 54.6 Å². The number of para-hydroxylation sites is 1. The van der Waals surface area contributed by atoms with Gasteiger partial charge in [-0.2, -0.15) is 0 Å². The highest BCUT2D eigenvalue weighted by Gasteiger charge is 2.16. The Hall–Kier alpha value is -2.24. The number of hydrogen-bond acceptors (Lipinski definition) is 5. The average molecular weight is 357 g/mol. The van der Waals surface area contributed by atoms with E-state index in [0.717, 1.165) is 28.0 Å². The Morgan fingerprint density at radius 2 is 1.75 bits per heavy atom. The molecule has 4 nitrogen and oxygen atoms in total. The molecule has 2 aromatic carbocycles. The Labute approximate surface area is 150 Å². The van der Waals surface area contributed by atoms with Gasteiger partial charge in [0.25, 0.3) is 0 Å². The Morgan fingerprint density at radius 1 is 1.04 bits per heavy atom. The molecule has 1 aromatic heterocycles. The van der Waals surface area contributed by atoms with Crippen molar-refractivity contribution in [2.75, 3.05) is 17.2 Å². The van der Waals surface area contributed by atoms with Gasteiger partial charge in [0.2, 0.25) is 0 Å². The molecule has 0 saturated carbocycles. The van der Waals surface area contributed by atoms with Gasteiger partial charge in [-0.05, 0) is 43.3 Å². The predicted molar refractivity (Wildman–Crippen MR) is 101 cm³/mol. The highest BCUT2D eigenvalue weighted by molar-refractivity contribution is 7.99. The van der Waals surface area contributed by atoms with Crippen LogP contribution in [0.4, 0.5) is 17.2 Å². The second kappa shape index (κ2) is 7.55. The van der Waals surface area contributed by atoms with Crippen LogP contribution in [0.2, 0.25) is 5.02 Å². The third-order valence-electron chi connectivity index (χ3n) is 3.49. The van der Waals surface area contributed by atoms with Gasteiger partial charge in [0, 0.05) is 22.2 Å². The van der Waals surface area contributed by atoms with E-state index in [1.165, 1.54) is 11.8 Å². The van der Waals surface area contributed by atoms with Crippen molar-refractivity contribution in [2.45, 2.75) is 16.8 Å². The molecule has 2 N–H and O–H groups in total. The molecule has 1 heterocycles. The first-order chi connectivity index (χ1) is 11.7. The molecule has 0 saturated heterocycles. The van der Waals surface area contributed by atoms with Crippen molar-refractivity contribution >= 4 is 40.6 Å². The number of nitrogens with two attached hydrogens (primary N) is 1. The van der Waals surface area contributed by atoms with Gasteiger partial charge in [0.15, 0.2) is 5.82 Å². The van der Waals surface area contributed by atoms with E-state index in [9.17, 15) is 0 Å². The van der Waals surface area contributed by atoms with Crippen molar-refractivity contribution < 1.29 is 0 Å². The summed E-state index contributed by atoms with van der Waals surface area (Å²) in [6.45, 7) is 2.83. The monoisotopic (exact) mass is 356 g/mol. The van der Waals surface area contributed by atoms with E-state index in [1.54, 1.807) is 6.33 Å². The molecule has 0 aliphatic heterocycles. The van der Waals surface area contributed by atoms with Crippen molar-refractivity contribution in [2.24, 2.45) is 0 Å². The molecule has 3 aromatic rings. The van der Waals surface area contributed by atoms with Crippen molar-refractivity contribution in [3.8, 4) is 0 Å². The van der Waals surface area contributed by atoms with Crippen LogP contribution >= 0.6 is 23.4 Å². The fraction of sp³-hybridized carbons (Fsp3) is 0.111. The highest BCUT2D eigenvalue weighted by Crippen LogP contribution is 2.36. The minimum absolute atomic E-state index is 0.572. The number of anilines is 3. The summed E-state index contributed by atoms with van der Waals surface area (Å²) >= 11 is 7.43. The minimum Gasteiger partial charge on any atom is -0.394 e. The molecule has 3 rings (SSSR count). The smallest absolute Gasteiger partial charge is 0.160 e. The normalized spacial score (nSPS) is 10.6. The second-order valence-corrected chi connectivity index (χ2v) is 6.55. The first kappa shape index (κ1) is 16.6. The SMILES string of the molecule is CCN(c1ccccc1)c1ncnc(Sc2ccc(Cl)cc2)c1N. The molecule has 0 spiro atoms. The van der Waals surface area contributed by atoms with Gasteiger partial charge in [-0.1, -0.05) is 41.6 Å². The zero-order valence-electron chi connectivity index (χ0n) is 13.2. The molecule has 0 radical (unpaired) electrons. The summed E-state index contributed by atoms with van der Waals surface area (Å²) in [6.07, 6.45) is 1.55. The molecule has 122 valence electrons. The third-order valence-corrected chi connectivity index (χ3v) is 4.77. The summed E-state index contributed by atoms with van der Waals surface area (Å²) in [6, 6.07) is 17.7. The Morgan fingerprint density at radius 3 is 2.42 bits per heavy atom. The maximum atomic E-state index is 6.36. The van der Waals surface area contributed by atoms with Gasteiger partial charge in [-0.15, -0.1) is 0 Å². The predicted octanol–water partition coefficient (Wildman–Crippen LogP) is 5.02. The zero-order chi connectivity index (χ0) is 16.9. The molecule has 6 heteroatoms. The minimum atomic E-state index is 0.572. The number of nitrogen functional groups attached to an aromatic ring is 1. The largest absolute Gasteiger partial charge is 0.394 e. The first-order valence-corrected chi connectivity index (χ1v) is 8.75. The maximum absolute atomic E-state index is 6.36. The molecule has 0 bridgehead atoms. The van der Waals surface area contributed by atoms with Crippen LogP contribution in [0.3, 0.4) is 0 Å². The van der Waals surface area contributed by atoms with Gasteiger partial charge < -0.3 is 10.6 Å². The van der Waals surface area contributed by atoms with Crippen LogP contribution in [-0.2, 0) is 0 Å². The lowest BCUT2D eigenvalue weighted by Crippen LogP contribution is -2.19. The summed E-state index contributed by atoms with van der Waals surface area (Å²) in [7, 11) is 0. The van der Waals surface area contributed by atoms with Crippen LogP contribution in [-0.4, -0.2) is 16.5 Å². The molecule has 0 aliphatic rings. The fourth-order valence-electron chi connectivity index (χ4n) is 2.34. The van der Waals surface area contributed by atoms with Gasteiger partial charge in [-0.3, -0.25) is 0 Å².